The lowest BCUT2D eigenvalue weighted by atomic mass is 10.0. The molecule has 112 valence electrons. The number of allylic oxidation sites excluding steroid dienone is 6. The van der Waals surface area contributed by atoms with E-state index < -0.39 is 0 Å². The molecule has 0 heterocycles. The summed E-state index contributed by atoms with van der Waals surface area (Å²) in [6.45, 7) is 16.5. The number of nitrogens with one attached hydrogen (secondary N) is 1. The fourth-order valence-corrected chi connectivity index (χ4v) is 2.08. The maximum atomic E-state index is 4.07. The highest BCUT2D eigenvalue weighted by atomic mass is 14.9. The lowest BCUT2D eigenvalue weighted by Crippen LogP contribution is -2.01. The van der Waals surface area contributed by atoms with Crippen molar-refractivity contribution in [3.8, 4) is 0 Å². The average molecular weight is 281 g/mol. The summed E-state index contributed by atoms with van der Waals surface area (Å²) in [5.74, 6) is 0.527. The Bertz CT molecular complexity index is 559. The van der Waals surface area contributed by atoms with Crippen molar-refractivity contribution in [3.05, 3.63) is 78.1 Å². The van der Waals surface area contributed by atoms with Gasteiger partial charge in [-0.3, -0.25) is 0 Å². The minimum atomic E-state index is 0.527. The Morgan fingerprint density at radius 2 is 2.05 bits per heavy atom. The van der Waals surface area contributed by atoms with Crippen LogP contribution in [0.25, 0.3) is 0 Å². The first-order chi connectivity index (χ1) is 9.99. The molecule has 1 aromatic carbocycles. The fourth-order valence-electron chi connectivity index (χ4n) is 2.08. The van der Waals surface area contributed by atoms with Gasteiger partial charge in [-0.25, -0.2) is 0 Å². The maximum absolute atomic E-state index is 4.07. The molecule has 1 N–H and O–H groups in total. The summed E-state index contributed by atoms with van der Waals surface area (Å²) in [5, 5.41) is 3.48. The van der Waals surface area contributed by atoms with E-state index in [1.165, 1.54) is 5.56 Å². The second-order valence-corrected chi connectivity index (χ2v) is 5.48. The fraction of sp³-hybridized carbons (Fsp3) is 0.300. The predicted octanol–water partition coefficient (Wildman–Crippen LogP) is 6.20. The Morgan fingerprint density at radius 3 is 2.62 bits per heavy atom. The van der Waals surface area contributed by atoms with Gasteiger partial charge in [-0.2, -0.15) is 0 Å². The van der Waals surface area contributed by atoms with Crippen molar-refractivity contribution >= 4 is 5.69 Å². The van der Waals surface area contributed by atoms with Gasteiger partial charge in [-0.15, -0.1) is 0 Å². The van der Waals surface area contributed by atoms with Gasteiger partial charge < -0.3 is 5.32 Å². The minimum absolute atomic E-state index is 0.527. The second-order valence-electron chi connectivity index (χ2n) is 5.48. The van der Waals surface area contributed by atoms with Crippen molar-refractivity contribution < 1.29 is 0 Å². The normalized spacial score (nSPS) is 12.4. The molecule has 0 aliphatic heterocycles. The largest absolute Gasteiger partial charge is 0.359 e. The van der Waals surface area contributed by atoms with Gasteiger partial charge in [-0.1, -0.05) is 64.3 Å². The van der Waals surface area contributed by atoms with Crippen LogP contribution in [0.15, 0.2) is 72.5 Å². The molecule has 0 radical (unpaired) electrons. The number of benzene rings is 1. The lowest BCUT2D eigenvalue weighted by molar-refractivity contribution is 0.867. The molecule has 0 aliphatic rings. The van der Waals surface area contributed by atoms with Crippen molar-refractivity contribution in [2.75, 3.05) is 5.32 Å². The van der Waals surface area contributed by atoms with Crippen molar-refractivity contribution in [3.63, 3.8) is 0 Å². The van der Waals surface area contributed by atoms with Crippen molar-refractivity contribution in [1.29, 1.82) is 0 Å². The zero-order valence-corrected chi connectivity index (χ0v) is 13.7. The third-order valence-electron chi connectivity index (χ3n) is 3.40. The van der Waals surface area contributed by atoms with Crippen LogP contribution >= 0.6 is 0 Å². The number of hydrogen-bond donors (Lipinski definition) is 1. The first-order valence-electron chi connectivity index (χ1n) is 7.55. The summed E-state index contributed by atoms with van der Waals surface area (Å²) in [5.41, 5.74) is 5.57. The molecule has 0 aromatic heterocycles. The molecule has 0 amide bonds. The van der Waals surface area contributed by atoms with Gasteiger partial charge in [0.05, 0.1) is 0 Å². The Morgan fingerprint density at radius 1 is 1.33 bits per heavy atom. The van der Waals surface area contributed by atoms with E-state index in [-0.39, 0.29) is 0 Å². The Labute approximate surface area is 129 Å². The summed E-state index contributed by atoms with van der Waals surface area (Å²) in [4.78, 5) is 0. The van der Waals surface area contributed by atoms with E-state index in [0.29, 0.717) is 5.92 Å². The van der Waals surface area contributed by atoms with Crippen molar-refractivity contribution in [2.45, 2.75) is 40.0 Å². The van der Waals surface area contributed by atoms with Crippen LogP contribution < -0.4 is 5.32 Å². The average Bonchev–Trinajstić information content (AvgIpc) is 2.47. The monoisotopic (exact) mass is 281 g/mol. The van der Waals surface area contributed by atoms with Gasteiger partial charge in [0.25, 0.3) is 0 Å². The first-order valence-corrected chi connectivity index (χ1v) is 7.55. The summed E-state index contributed by atoms with van der Waals surface area (Å²) in [6.07, 6.45) is 7.05. The molecule has 0 unspecified atom stereocenters. The van der Waals surface area contributed by atoms with E-state index in [2.05, 4.69) is 82.6 Å². The standard InChI is InChI=1S/C20H27N/c1-7-9-13-20(16(5)8-2)17(6)21-19-12-10-11-18(14-19)15(3)4/h8-15,21H,2,5,7H2,1,3-4,6H3/b13-9-,20-17+. The van der Waals surface area contributed by atoms with Crippen LogP contribution in [0.5, 0.6) is 0 Å². The van der Waals surface area contributed by atoms with Crippen LogP contribution in [0, 0.1) is 0 Å². The molecule has 1 rings (SSSR count). The first kappa shape index (κ1) is 17.0. The Hall–Kier alpha value is -2.02. The van der Waals surface area contributed by atoms with E-state index in [1.807, 2.05) is 0 Å². The lowest BCUT2D eigenvalue weighted by Gasteiger charge is -2.14. The van der Waals surface area contributed by atoms with Gasteiger partial charge in [0.1, 0.15) is 0 Å². The summed E-state index contributed by atoms with van der Waals surface area (Å²) >= 11 is 0. The van der Waals surface area contributed by atoms with E-state index in [1.54, 1.807) is 6.08 Å². The van der Waals surface area contributed by atoms with Gasteiger partial charge in [0.2, 0.25) is 0 Å². The third-order valence-corrected chi connectivity index (χ3v) is 3.40. The van der Waals surface area contributed by atoms with Gasteiger partial charge in [0.15, 0.2) is 0 Å². The van der Waals surface area contributed by atoms with E-state index in [9.17, 15) is 0 Å². The third kappa shape index (κ3) is 5.11. The number of rotatable bonds is 7. The summed E-state index contributed by atoms with van der Waals surface area (Å²) < 4.78 is 0. The molecule has 0 atom stereocenters. The highest BCUT2D eigenvalue weighted by Crippen LogP contribution is 2.22. The molecule has 1 aromatic rings. The molecular weight excluding hydrogens is 254 g/mol. The second kappa shape index (κ2) is 8.31. The van der Waals surface area contributed by atoms with E-state index in [4.69, 9.17) is 0 Å². The quantitative estimate of drug-likeness (QED) is 0.586. The summed E-state index contributed by atoms with van der Waals surface area (Å²) in [7, 11) is 0. The topological polar surface area (TPSA) is 12.0 Å². The molecule has 21 heavy (non-hydrogen) atoms. The Kier molecular flexibility index (Phi) is 6.74. The molecular formula is C20H27N. The molecule has 0 saturated heterocycles. The zero-order valence-electron chi connectivity index (χ0n) is 13.7. The van der Waals surface area contributed by atoms with E-state index >= 15 is 0 Å². The van der Waals surface area contributed by atoms with Crippen LogP contribution in [0.3, 0.4) is 0 Å². The maximum Gasteiger partial charge on any atom is 0.0384 e. The van der Waals surface area contributed by atoms with Crippen LogP contribution in [-0.4, -0.2) is 0 Å². The van der Waals surface area contributed by atoms with Gasteiger partial charge in [0, 0.05) is 11.4 Å². The molecule has 1 nitrogen and oxygen atoms in total. The van der Waals surface area contributed by atoms with Crippen LogP contribution in [0.1, 0.15) is 45.6 Å². The van der Waals surface area contributed by atoms with Crippen LogP contribution in [0.4, 0.5) is 5.69 Å². The van der Waals surface area contributed by atoms with Crippen molar-refractivity contribution in [1.82, 2.24) is 0 Å². The SMILES string of the molecule is C=CC(=C)C(/C=C\CC)=C(\C)Nc1cccc(C(C)C)c1. The van der Waals surface area contributed by atoms with E-state index in [0.717, 1.165) is 29.0 Å². The molecule has 1 heteroatoms. The zero-order chi connectivity index (χ0) is 15.8. The predicted molar refractivity (Wildman–Crippen MR) is 95.6 cm³/mol. The summed E-state index contributed by atoms with van der Waals surface area (Å²) in [6, 6.07) is 8.55. The molecule has 0 spiro atoms. The highest BCUT2D eigenvalue weighted by Gasteiger charge is 2.04. The number of anilines is 1. The molecule has 0 bridgehead atoms. The van der Waals surface area contributed by atoms with Crippen molar-refractivity contribution in [2.24, 2.45) is 0 Å². The van der Waals surface area contributed by atoms with Crippen LogP contribution in [0.2, 0.25) is 0 Å². The molecule has 0 aliphatic carbocycles. The highest BCUT2D eigenvalue weighted by molar-refractivity contribution is 5.56. The molecule has 0 fully saturated rings. The van der Waals surface area contributed by atoms with Gasteiger partial charge in [-0.05, 0) is 48.1 Å². The molecule has 0 saturated carbocycles. The number of hydrogen-bond acceptors (Lipinski definition) is 1. The van der Waals surface area contributed by atoms with Crippen LogP contribution in [-0.2, 0) is 0 Å². The smallest absolute Gasteiger partial charge is 0.0384 e. The van der Waals surface area contributed by atoms with Gasteiger partial charge >= 0.3 is 0 Å². The minimum Gasteiger partial charge on any atom is -0.359 e. The Balaban J connectivity index is 3.08.